The van der Waals surface area contributed by atoms with Gasteiger partial charge in [0.25, 0.3) is 5.92 Å². The highest BCUT2D eigenvalue weighted by atomic mass is 32.1. The SMILES string of the molecule is Nc1sc2c(c1C(=O)c1c(F)cccc1F)CCCC(F)(F)C2. The summed E-state index contributed by atoms with van der Waals surface area (Å²) < 4.78 is 55.1. The molecular weight excluding hydrogens is 330 g/mol. The number of nitrogen functional groups attached to an aromatic ring is 1. The van der Waals surface area contributed by atoms with Crippen LogP contribution in [0.25, 0.3) is 0 Å². The molecule has 0 atom stereocenters. The van der Waals surface area contributed by atoms with E-state index in [0.717, 1.165) is 29.5 Å². The summed E-state index contributed by atoms with van der Waals surface area (Å²) in [4.78, 5) is 12.9. The summed E-state index contributed by atoms with van der Waals surface area (Å²) in [5, 5.41) is 0.0281. The molecule has 0 saturated carbocycles. The van der Waals surface area contributed by atoms with E-state index in [1.807, 2.05) is 0 Å². The summed E-state index contributed by atoms with van der Waals surface area (Å²) >= 11 is 0.899. The van der Waals surface area contributed by atoms with Crippen LogP contribution in [0.5, 0.6) is 0 Å². The first-order valence-corrected chi connectivity index (χ1v) is 7.88. The lowest BCUT2D eigenvalue weighted by molar-refractivity contribution is -0.00579. The molecule has 3 rings (SSSR count). The highest BCUT2D eigenvalue weighted by Crippen LogP contribution is 2.41. The minimum absolute atomic E-state index is 0.0281. The van der Waals surface area contributed by atoms with Crippen molar-refractivity contribution in [2.45, 2.75) is 31.6 Å². The normalized spacial score (nSPS) is 16.7. The number of carbonyl (C=O) groups excluding carboxylic acids is 1. The number of ketones is 1. The molecule has 1 aliphatic rings. The van der Waals surface area contributed by atoms with Gasteiger partial charge in [0.05, 0.1) is 16.1 Å². The number of anilines is 1. The van der Waals surface area contributed by atoms with Crippen LogP contribution in [0, 0.1) is 11.6 Å². The van der Waals surface area contributed by atoms with Gasteiger partial charge in [-0.2, -0.15) is 0 Å². The fourth-order valence-corrected chi connectivity index (χ4v) is 4.07. The van der Waals surface area contributed by atoms with Crippen molar-refractivity contribution in [3.63, 3.8) is 0 Å². The Bertz CT molecular complexity index is 764. The molecule has 1 aromatic heterocycles. The number of hydrogen-bond acceptors (Lipinski definition) is 3. The third-order valence-corrected chi connectivity index (χ3v) is 4.98. The second-order valence-electron chi connectivity index (χ2n) is 5.56. The van der Waals surface area contributed by atoms with Gasteiger partial charge < -0.3 is 5.73 Å². The quantitative estimate of drug-likeness (QED) is 0.500. The maximum absolute atomic E-state index is 13.8. The van der Waals surface area contributed by atoms with Crippen LogP contribution in [0.3, 0.4) is 0 Å². The van der Waals surface area contributed by atoms with Crippen LogP contribution in [0.1, 0.15) is 39.2 Å². The van der Waals surface area contributed by atoms with Crippen molar-refractivity contribution >= 4 is 22.1 Å². The van der Waals surface area contributed by atoms with Crippen molar-refractivity contribution in [1.29, 1.82) is 0 Å². The minimum Gasteiger partial charge on any atom is -0.390 e. The Morgan fingerprint density at radius 3 is 2.48 bits per heavy atom. The maximum Gasteiger partial charge on any atom is 0.252 e. The van der Waals surface area contributed by atoms with Crippen LogP contribution in [0.2, 0.25) is 0 Å². The van der Waals surface area contributed by atoms with Crippen molar-refractivity contribution in [1.82, 2.24) is 0 Å². The van der Waals surface area contributed by atoms with E-state index in [-0.39, 0.29) is 29.8 Å². The van der Waals surface area contributed by atoms with E-state index < -0.39 is 35.3 Å². The number of carbonyl (C=O) groups is 1. The number of benzene rings is 1. The van der Waals surface area contributed by atoms with Crippen LogP contribution in [-0.2, 0) is 12.8 Å². The lowest BCUT2D eigenvalue weighted by atomic mass is 9.97. The molecule has 0 spiro atoms. The number of hydrogen-bond donors (Lipinski definition) is 1. The summed E-state index contributed by atoms with van der Waals surface area (Å²) in [7, 11) is 0. The second kappa shape index (κ2) is 5.63. The van der Waals surface area contributed by atoms with E-state index in [1.54, 1.807) is 0 Å². The van der Waals surface area contributed by atoms with Gasteiger partial charge in [0.1, 0.15) is 11.6 Å². The maximum atomic E-state index is 13.8. The molecule has 0 bridgehead atoms. The first kappa shape index (κ1) is 16.0. The molecule has 0 saturated heterocycles. The lowest BCUT2D eigenvalue weighted by Crippen LogP contribution is -2.17. The summed E-state index contributed by atoms with van der Waals surface area (Å²) in [5.74, 6) is -5.73. The molecule has 1 heterocycles. The summed E-state index contributed by atoms with van der Waals surface area (Å²) in [6.45, 7) is 0. The number of fused-ring (bicyclic) bond motifs is 1. The molecule has 2 aromatic rings. The Balaban J connectivity index is 2.11. The predicted octanol–water partition coefficient (Wildman–Crippen LogP) is 4.35. The molecule has 0 unspecified atom stereocenters. The molecule has 1 aromatic carbocycles. The van der Waals surface area contributed by atoms with E-state index in [4.69, 9.17) is 5.73 Å². The van der Waals surface area contributed by atoms with E-state index in [1.165, 1.54) is 0 Å². The zero-order valence-corrected chi connectivity index (χ0v) is 12.8. The van der Waals surface area contributed by atoms with Crippen LogP contribution in [0.4, 0.5) is 22.6 Å². The van der Waals surface area contributed by atoms with E-state index in [0.29, 0.717) is 10.4 Å². The molecule has 2 N–H and O–H groups in total. The van der Waals surface area contributed by atoms with Gasteiger partial charge in [0.15, 0.2) is 0 Å². The van der Waals surface area contributed by atoms with Crippen LogP contribution >= 0.6 is 11.3 Å². The monoisotopic (exact) mass is 343 g/mol. The number of alkyl halides is 2. The standard InChI is InChI=1S/C16H13F4NOS/c17-9-4-1-5-10(18)13(9)14(22)12-8-3-2-6-16(19,20)7-11(8)23-15(12)21/h1,4-5H,2-3,6-7,21H2. The molecular formula is C16H13F4NOS. The number of rotatable bonds is 2. The fourth-order valence-electron chi connectivity index (χ4n) is 2.88. The molecule has 1 aliphatic carbocycles. The van der Waals surface area contributed by atoms with Crippen molar-refractivity contribution in [2.75, 3.05) is 5.73 Å². The number of halogens is 4. The van der Waals surface area contributed by atoms with Gasteiger partial charge >= 0.3 is 0 Å². The topological polar surface area (TPSA) is 43.1 Å². The lowest BCUT2D eigenvalue weighted by Gasteiger charge is -2.11. The molecule has 0 aliphatic heterocycles. The third-order valence-electron chi connectivity index (χ3n) is 3.92. The van der Waals surface area contributed by atoms with Gasteiger partial charge in [-0.3, -0.25) is 4.79 Å². The Morgan fingerprint density at radius 1 is 1.17 bits per heavy atom. The van der Waals surface area contributed by atoms with Crippen molar-refractivity contribution in [3.8, 4) is 0 Å². The zero-order valence-electron chi connectivity index (χ0n) is 12.0. The number of nitrogens with two attached hydrogens (primary N) is 1. The Labute approximate surface area is 133 Å². The minimum atomic E-state index is -2.86. The Morgan fingerprint density at radius 2 is 1.83 bits per heavy atom. The molecule has 23 heavy (non-hydrogen) atoms. The molecule has 7 heteroatoms. The molecule has 0 fully saturated rings. The van der Waals surface area contributed by atoms with Gasteiger partial charge in [0, 0.05) is 17.7 Å². The van der Waals surface area contributed by atoms with Gasteiger partial charge in [-0.15, -0.1) is 11.3 Å². The molecule has 0 amide bonds. The van der Waals surface area contributed by atoms with Crippen molar-refractivity contribution in [3.05, 3.63) is 51.4 Å². The van der Waals surface area contributed by atoms with Crippen molar-refractivity contribution < 1.29 is 22.4 Å². The van der Waals surface area contributed by atoms with E-state index in [9.17, 15) is 22.4 Å². The predicted molar refractivity (Wildman–Crippen MR) is 80.1 cm³/mol. The van der Waals surface area contributed by atoms with Crippen molar-refractivity contribution in [2.24, 2.45) is 0 Å². The molecule has 122 valence electrons. The summed E-state index contributed by atoms with van der Waals surface area (Å²) in [5.41, 5.74) is 5.47. The van der Waals surface area contributed by atoms with Gasteiger partial charge in [0.2, 0.25) is 5.78 Å². The molecule has 2 nitrogen and oxygen atoms in total. The Kier molecular flexibility index (Phi) is 3.91. The highest BCUT2D eigenvalue weighted by molar-refractivity contribution is 7.16. The second-order valence-corrected chi connectivity index (χ2v) is 6.69. The highest BCUT2D eigenvalue weighted by Gasteiger charge is 2.36. The zero-order chi connectivity index (χ0) is 16.8. The average Bonchev–Trinajstić information content (AvgIpc) is 2.64. The smallest absolute Gasteiger partial charge is 0.252 e. The van der Waals surface area contributed by atoms with Crippen LogP contribution < -0.4 is 5.73 Å². The third kappa shape index (κ3) is 2.85. The fraction of sp³-hybridized carbons (Fsp3) is 0.312. The van der Waals surface area contributed by atoms with E-state index in [2.05, 4.69) is 0 Å². The number of thiophene rings is 1. The van der Waals surface area contributed by atoms with Crippen LogP contribution in [0.15, 0.2) is 18.2 Å². The van der Waals surface area contributed by atoms with Gasteiger partial charge in [-0.1, -0.05) is 6.07 Å². The van der Waals surface area contributed by atoms with Gasteiger partial charge in [-0.05, 0) is 30.5 Å². The summed E-state index contributed by atoms with van der Waals surface area (Å²) in [6, 6.07) is 3.11. The summed E-state index contributed by atoms with van der Waals surface area (Å²) in [6.07, 6.45) is -0.341. The van der Waals surface area contributed by atoms with Gasteiger partial charge in [-0.25, -0.2) is 17.6 Å². The first-order chi connectivity index (χ1) is 10.8. The molecule has 0 radical (unpaired) electrons. The average molecular weight is 343 g/mol. The first-order valence-electron chi connectivity index (χ1n) is 7.07. The largest absolute Gasteiger partial charge is 0.390 e. The van der Waals surface area contributed by atoms with Crippen LogP contribution in [-0.4, -0.2) is 11.7 Å². The van der Waals surface area contributed by atoms with E-state index >= 15 is 0 Å². The Hall–Kier alpha value is -1.89.